The molecule has 0 aliphatic carbocycles. The topological polar surface area (TPSA) is 118 Å². The van der Waals surface area contributed by atoms with Crippen molar-refractivity contribution >= 4 is 59.3 Å². The summed E-state index contributed by atoms with van der Waals surface area (Å²) in [5, 5.41) is 0.439. The summed E-state index contributed by atoms with van der Waals surface area (Å²) >= 11 is 6.55. The van der Waals surface area contributed by atoms with Crippen LogP contribution in [0.25, 0.3) is 11.8 Å². The van der Waals surface area contributed by atoms with Crippen LogP contribution >= 0.6 is 11.6 Å². The van der Waals surface area contributed by atoms with Gasteiger partial charge < -0.3 is 9.16 Å². The van der Waals surface area contributed by atoms with Crippen LogP contribution in [0.15, 0.2) is 94.7 Å². The Labute approximate surface area is 301 Å². The van der Waals surface area contributed by atoms with Gasteiger partial charge in [0.25, 0.3) is 16.0 Å². The lowest BCUT2D eigenvalue weighted by Gasteiger charge is -2.36. The van der Waals surface area contributed by atoms with Crippen molar-refractivity contribution in [2.45, 2.75) is 71.0 Å². The number of unbranched alkanes of at least 4 members (excludes halogenated alkanes) is 3. The van der Waals surface area contributed by atoms with Gasteiger partial charge in [0.1, 0.15) is 17.2 Å². The van der Waals surface area contributed by atoms with Crippen molar-refractivity contribution in [2.24, 2.45) is 9.98 Å². The SMILES string of the molecule is CC(C)(C)[Si](C)(C)Oc1cccc(C2=CN3C(=O)C(=Cc4ccc(OCCCCCCS(=O)(=O)O)c(Cl)c4)N=C3C(Cc3ccccc3)=N2)c1. The lowest BCUT2D eigenvalue weighted by atomic mass is 10.0. The first-order chi connectivity index (χ1) is 23.6. The van der Waals surface area contributed by atoms with Crippen molar-refractivity contribution < 1.29 is 26.9 Å². The van der Waals surface area contributed by atoms with E-state index < -0.39 is 18.4 Å². The van der Waals surface area contributed by atoms with Crippen LogP contribution in [0.2, 0.25) is 23.2 Å². The molecule has 264 valence electrons. The molecule has 2 aliphatic heterocycles. The molecule has 5 rings (SSSR count). The third kappa shape index (κ3) is 9.60. The van der Waals surface area contributed by atoms with E-state index in [-0.39, 0.29) is 22.4 Å². The third-order valence-corrected chi connectivity index (χ3v) is 14.5. The predicted octanol–water partition coefficient (Wildman–Crippen LogP) is 8.83. The first kappa shape index (κ1) is 37.2. The zero-order chi connectivity index (χ0) is 36.1. The second-order valence-electron chi connectivity index (χ2n) is 14.0. The van der Waals surface area contributed by atoms with Crippen LogP contribution in [0.4, 0.5) is 0 Å². The Morgan fingerprint density at radius 1 is 0.940 bits per heavy atom. The summed E-state index contributed by atoms with van der Waals surface area (Å²) in [4.78, 5) is 25.2. The molecule has 2 aliphatic rings. The number of rotatable bonds is 14. The minimum atomic E-state index is -3.93. The number of fused-ring (bicyclic) bond motifs is 1. The highest BCUT2D eigenvalue weighted by Crippen LogP contribution is 2.38. The maximum atomic E-state index is 13.9. The van der Waals surface area contributed by atoms with Crippen molar-refractivity contribution in [3.05, 3.63) is 106 Å². The largest absolute Gasteiger partial charge is 0.543 e. The molecule has 0 bridgehead atoms. The molecule has 0 unspecified atom stereocenters. The number of carbonyl (C=O) groups is 1. The Morgan fingerprint density at radius 2 is 1.68 bits per heavy atom. The summed E-state index contributed by atoms with van der Waals surface area (Å²) in [5.41, 5.74) is 4.19. The van der Waals surface area contributed by atoms with Crippen molar-refractivity contribution in [1.82, 2.24) is 4.90 Å². The van der Waals surface area contributed by atoms with Crippen LogP contribution in [0.5, 0.6) is 11.5 Å². The number of benzene rings is 3. The Hall–Kier alpha value is -4.03. The number of ether oxygens (including phenoxy) is 1. The molecule has 3 aromatic rings. The first-order valence-electron chi connectivity index (χ1n) is 16.7. The maximum absolute atomic E-state index is 13.9. The van der Waals surface area contributed by atoms with Gasteiger partial charge in [-0.1, -0.05) is 93.7 Å². The van der Waals surface area contributed by atoms with Crippen LogP contribution in [0.1, 0.15) is 63.1 Å². The summed E-state index contributed by atoms with van der Waals surface area (Å²) in [6.45, 7) is 11.5. The third-order valence-electron chi connectivity index (χ3n) is 8.99. The lowest BCUT2D eigenvalue weighted by Crippen LogP contribution is -2.43. The summed E-state index contributed by atoms with van der Waals surface area (Å²) in [6, 6.07) is 23.2. The van der Waals surface area contributed by atoms with Gasteiger partial charge in [0, 0.05) is 18.2 Å². The number of nitrogens with zero attached hydrogens (tertiary/aromatic N) is 3. The number of amidine groups is 1. The molecule has 0 atom stereocenters. The minimum absolute atomic E-state index is 0.0410. The predicted molar refractivity (Wildman–Crippen MR) is 204 cm³/mol. The van der Waals surface area contributed by atoms with E-state index >= 15 is 0 Å². The quantitative estimate of drug-likeness (QED) is 0.0766. The van der Waals surface area contributed by atoms with E-state index in [9.17, 15) is 13.2 Å². The molecular weight excluding hydrogens is 690 g/mol. The average Bonchev–Trinajstić information content (AvgIpc) is 3.35. The fraction of sp³-hybridized carbons (Fsp3) is 0.342. The zero-order valence-corrected chi connectivity index (χ0v) is 31.7. The maximum Gasteiger partial charge on any atom is 0.282 e. The molecule has 0 aromatic heterocycles. The van der Waals surface area contributed by atoms with Crippen LogP contribution in [0.3, 0.4) is 0 Å². The zero-order valence-electron chi connectivity index (χ0n) is 29.1. The minimum Gasteiger partial charge on any atom is -0.543 e. The van der Waals surface area contributed by atoms with E-state index in [0.717, 1.165) is 23.3 Å². The van der Waals surface area contributed by atoms with Crippen molar-refractivity contribution in [1.29, 1.82) is 0 Å². The smallest absolute Gasteiger partial charge is 0.282 e. The number of carbonyl (C=O) groups excluding carboxylic acids is 1. The van der Waals surface area contributed by atoms with E-state index in [1.54, 1.807) is 29.3 Å². The lowest BCUT2D eigenvalue weighted by molar-refractivity contribution is -0.120. The van der Waals surface area contributed by atoms with E-state index in [2.05, 4.69) is 33.9 Å². The van der Waals surface area contributed by atoms with Gasteiger partial charge in [0.2, 0.25) is 8.32 Å². The van der Waals surface area contributed by atoms with Crippen LogP contribution < -0.4 is 9.16 Å². The summed E-state index contributed by atoms with van der Waals surface area (Å²) in [5.74, 6) is 1.28. The molecule has 0 fully saturated rings. The molecule has 1 N–H and O–H groups in total. The van der Waals surface area contributed by atoms with E-state index in [1.807, 2.05) is 60.7 Å². The number of amides is 1. The van der Waals surface area contributed by atoms with Crippen molar-refractivity contribution in [3.63, 3.8) is 0 Å². The fourth-order valence-corrected chi connectivity index (χ4v) is 7.05. The van der Waals surface area contributed by atoms with Gasteiger partial charge in [-0.2, -0.15) is 8.42 Å². The fourth-order valence-electron chi connectivity index (χ4n) is 5.22. The van der Waals surface area contributed by atoms with Crippen LogP contribution in [0, 0.1) is 0 Å². The highest BCUT2D eigenvalue weighted by atomic mass is 35.5. The Morgan fingerprint density at radius 3 is 2.38 bits per heavy atom. The van der Waals surface area contributed by atoms with E-state index in [4.69, 9.17) is 35.3 Å². The molecule has 12 heteroatoms. The first-order valence-corrected chi connectivity index (χ1v) is 21.6. The molecule has 0 saturated heterocycles. The molecule has 50 heavy (non-hydrogen) atoms. The van der Waals surface area contributed by atoms with Crippen molar-refractivity contribution in [2.75, 3.05) is 12.4 Å². The monoisotopic (exact) mass is 733 g/mol. The van der Waals surface area contributed by atoms with Crippen molar-refractivity contribution in [3.8, 4) is 11.5 Å². The number of aliphatic imine (C=N–C) groups is 2. The van der Waals surface area contributed by atoms with Gasteiger partial charge >= 0.3 is 0 Å². The molecule has 3 aromatic carbocycles. The van der Waals surface area contributed by atoms with Gasteiger partial charge in [-0.05, 0) is 72.4 Å². The van der Waals surface area contributed by atoms with E-state index in [0.29, 0.717) is 65.9 Å². The highest BCUT2D eigenvalue weighted by molar-refractivity contribution is 7.85. The Bertz CT molecular complexity index is 1970. The summed E-state index contributed by atoms with van der Waals surface area (Å²) in [7, 11) is -6.00. The molecule has 1 amide bonds. The Kier molecular flexibility index (Phi) is 11.5. The normalized spacial score (nSPS) is 15.8. The number of hydrogen-bond donors (Lipinski definition) is 1. The van der Waals surface area contributed by atoms with Gasteiger partial charge in [0.15, 0.2) is 5.84 Å². The van der Waals surface area contributed by atoms with Gasteiger partial charge in [0.05, 0.1) is 28.8 Å². The highest BCUT2D eigenvalue weighted by Gasteiger charge is 2.39. The van der Waals surface area contributed by atoms with Gasteiger partial charge in [-0.25, -0.2) is 9.98 Å². The Balaban J connectivity index is 1.35. The molecule has 0 saturated carbocycles. The summed E-state index contributed by atoms with van der Waals surface area (Å²) in [6.07, 6.45) is 6.49. The number of hydrogen-bond acceptors (Lipinski definition) is 7. The standard InChI is InChI=1S/C38H44ClN3O6SSi/c1-38(2,3)50(4,5)48-30-17-13-16-29(25-30)34-26-42-36(32(40-34)23-27-14-9-8-10-15-27)41-33(37(42)43)24-28-18-19-35(31(39)22-28)47-20-11-6-7-12-21-49(44,45)46/h8-10,13-19,22,24-26H,6-7,11-12,20-21,23H2,1-5H3,(H,44,45,46). The summed E-state index contributed by atoms with van der Waals surface area (Å²) < 4.78 is 43.0. The molecule has 0 spiro atoms. The van der Waals surface area contributed by atoms with Gasteiger partial charge in [-0.3, -0.25) is 14.2 Å². The number of halogens is 1. The van der Waals surface area contributed by atoms with Crippen LogP contribution in [-0.2, 0) is 21.3 Å². The second-order valence-corrected chi connectivity index (χ2v) is 20.7. The average molecular weight is 734 g/mol. The van der Waals surface area contributed by atoms with Gasteiger partial charge in [-0.15, -0.1) is 0 Å². The molecule has 0 radical (unpaired) electrons. The van der Waals surface area contributed by atoms with Crippen LogP contribution in [-0.4, -0.2) is 56.0 Å². The second kappa shape index (κ2) is 15.5. The molecular formula is C38H44ClN3O6SSi. The van der Waals surface area contributed by atoms with E-state index in [1.165, 1.54) is 0 Å². The molecule has 2 heterocycles. The molecule has 9 nitrogen and oxygen atoms in total.